The van der Waals surface area contributed by atoms with Crippen molar-refractivity contribution in [3.8, 4) is 11.3 Å². The van der Waals surface area contributed by atoms with E-state index in [1.165, 1.54) is 5.56 Å². The zero-order valence-electron chi connectivity index (χ0n) is 10.2. The number of anilines is 1. The van der Waals surface area contributed by atoms with Gasteiger partial charge >= 0.3 is 0 Å². The third-order valence-corrected chi connectivity index (χ3v) is 2.77. The van der Waals surface area contributed by atoms with Crippen LogP contribution in [0, 0.1) is 20.8 Å². The van der Waals surface area contributed by atoms with E-state index < -0.39 is 0 Å². The maximum Gasteiger partial charge on any atom is 0.287 e. The van der Waals surface area contributed by atoms with Crippen molar-refractivity contribution in [1.82, 2.24) is 10.2 Å². The number of aromatic nitrogens is 2. The van der Waals surface area contributed by atoms with Gasteiger partial charge in [0.15, 0.2) is 0 Å². The van der Waals surface area contributed by atoms with Gasteiger partial charge in [0.2, 0.25) is 0 Å². The molecule has 0 unspecified atom stereocenters. The van der Waals surface area contributed by atoms with Gasteiger partial charge in [0.05, 0.1) is 5.69 Å². The minimum Gasteiger partial charge on any atom is -0.394 e. The summed E-state index contributed by atoms with van der Waals surface area (Å²) in [7, 11) is 0. The molecule has 0 spiro atoms. The smallest absolute Gasteiger partial charge is 0.287 e. The van der Waals surface area contributed by atoms with Gasteiger partial charge in [-0.3, -0.25) is 4.79 Å². The van der Waals surface area contributed by atoms with Crippen LogP contribution in [0.15, 0.2) is 23.0 Å². The van der Waals surface area contributed by atoms with Crippen molar-refractivity contribution in [1.29, 1.82) is 0 Å². The predicted octanol–water partition coefficient (Wildman–Crippen LogP) is 1.94. The molecule has 0 atom stereocenters. The highest BCUT2D eigenvalue weighted by Gasteiger charge is 2.09. The molecule has 0 bridgehead atoms. The summed E-state index contributed by atoms with van der Waals surface area (Å²) in [4.78, 5) is 11.2. The Kier molecular flexibility index (Phi) is 2.71. The van der Waals surface area contributed by atoms with Crippen molar-refractivity contribution < 1.29 is 0 Å². The maximum atomic E-state index is 11.2. The Hall–Kier alpha value is -2.10. The Labute approximate surface area is 99.5 Å². The maximum absolute atomic E-state index is 11.2. The number of benzene rings is 1. The number of rotatable bonds is 1. The second-order valence-corrected chi connectivity index (χ2v) is 4.31. The summed E-state index contributed by atoms with van der Waals surface area (Å²) >= 11 is 0. The van der Waals surface area contributed by atoms with E-state index in [1.54, 1.807) is 6.07 Å². The highest BCUT2D eigenvalue weighted by molar-refractivity contribution is 5.69. The Balaban J connectivity index is 2.68. The average Bonchev–Trinajstić information content (AvgIpc) is 2.21. The summed E-state index contributed by atoms with van der Waals surface area (Å²) < 4.78 is 0. The lowest BCUT2D eigenvalue weighted by Gasteiger charge is -2.10. The van der Waals surface area contributed by atoms with E-state index in [9.17, 15) is 4.79 Å². The minimum atomic E-state index is -0.351. The molecular weight excluding hydrogens is 214 g/mol. The van der Waals surface area contributed by atoms with Gasteiger partial charge in [0.25, 0.3) is 5.56 Å². The lowest BCUT2D eigenvalue weighted by atomic mass is 9.97. The van der Waals surface area contributed by atoms with Gasteiger partial charge in [-0.1, -0.05) is 17.7 Å². The number of nitrogens with one attached hydrogen (secondary N) is 1. The fourth-order valence-corrected chi connectivity index (χ4v) is 2.13. The molecule has 0 amide bonds. The van der Waals surface area contributed by atoms with Gasteiger partial charge < -0.3 is 5.73 Å². The first kappa shape index (κ1) is 11.4. The van der Waals surface area contributed by atoms with Crippen molar-refractivity contribution in [3.05, 3.63) is 45.2 Å². The van der Waals surface area contributed by atoms with Gasteiger partial charge in [0.1, 0.15) is 5.69 Å². The second kappa shape index (κ2) is 4.05. The minimum absolute atomic E-state index is 0.189. The Morgan fingerprint density at radius 2 is 1.71 bits per heavy atom. The van der Waals surface area contributed by atoms with Crippen LogP contribution in [0.3, 0.4) is 0 Å². The number of hydrogen-bond donors (Lipinski definition) is 2. The van der Waals surface area contributed by atoms with E-state index in [0.29, 0.717) is 5.69 Å². The summed E-state index contributed by atoms with van der Waals surface area (Å²) in [5.41, 5.74) is 10.6. The average molecular weight is 229 g/mol. The van der Waals surface area contributed by atoms with Crippen molar-refractivity contribution in [2.24, 2.45) is 0 Å². The molecule has 88 valence electrons. The fourth-order valence-electron chi connectivity index (χ4n) is 2.13. The zero-order chi connectivity index (χ0) is 12.6. The van der Waals surface area contributed by atoms with E-state index in [1.807, 2.05) is 13.8 Å². The quantitative estimate of drug-likeness (QED) is 0.785. The highest BCUT2D eigenvalue weighted by atomic mass is 16.1. The van der Waals surface area contributed by atoms with E-state index in [0.717, 1.165) is 16.7 Å². The topological polar surface area (TPSA) is 71.8 Å². The lowest BCUT2D eigenvalue weighted by Crippen LogP contribution is -2.13. The lowest BCUT2D eigenvalue weighted by molar-refractivity contribution is 0.996. The van der Waals surface area contributed by atoms with Gasteiger partial charge in [0, 0.05) is 5.56 Å². The third kappa shape index (κ3) is 2.06. The standard InChI is InChI=1S/C13H15N3O/c1-7-4-8(2)12(9(3)5-7)11-6-10(14)13(17)16-15-11/h4-6H,1-3H3,(H2,14,15)(H,16,17). The SMILES string of the molecule is Cc1cc(C)c(-c2cc(N)c(=O)[nH]n2)c(C)c1. The molecule has 0 radical (unpaired) electrons. The zero-order valence-corrected chi connectivity index (χ0v) is 10.2. The molecule has 0 aliphatic carbocycles. The van der Waals surface area contributed by atoms with Crippen molar-refractivity contribution in [3.63, 3.8) is 0 Å². The summed E-state index contributed by atoms with van der Waals surface area (Å²) in [5, 5.41) is 6.45. The van der Waals surface area contributed by atoms with E-state index in [-0.39, 0.29) is 11.2 Å². The largest absolute Gasteiger partial charge is 0.394 e. The number of H-pyrrole nitrogens is 1. The number of nitrogens with two attached hydrogens (primary N) is 1. The van der Waals surface area contributed by atoms with Crippen molar-refractivity contribution in [2.75, 3.05) is 5.73 Å². The molecule has 1 aromatic carbocycles. The number of aryl methyl sites for hydroxylation is 3. The molecule has 2 aromatic rings. The number of nitrogens with zero attached hydrogens (tertiary/aromatic N) is 1. The molecule has 4 nitrogen and oxygen atoms in total. The molecule has 0 saturated carbocycles. The first-order valence-corrected chi connectivity index (χ1v) is 5.42. The molecule has 17 heavy (non-hydrogen) atoms. The molecular formula is C13H15N3O. The molecule has 1 heterocycles. The number of hydrogen-bond acceptors (Lipinski definition) is 3. The van der Waals surface area contributed by atoms with Crippen LogP contribution in [-0.4, -0.2) is 10.2 Å². The van der Waals surface area contributed by atoms with E-state index in [2.05, 4.69) is 29.3 Å². The summed E-state index contributed by atoms with van der Waals surface area (Å²) in [6, 6.07) is 5.79. The number of aromatic amines is 1. The molecule has 2 rings (SSSR count). The van der Waals surface area contributed by atoms with E-state index in [4.69, 9.17) is 5.73 Å². The molecule has 0 fully saturated rings. The Morgan fingerprint density at radius 3 is 2.24 bits per heavy atom. The van der Waals surface area contributed by atoms with Gasteiger partial charge in [-0.15, -0.1) is 0 Å². The molecule has 4 heteroatoms. The van der Waals surface area contributed by atoms with Crippen LogP contribution in [0.25, 0.3) is 11.3 Å². The molecule has 0 saturated heterocycles. The second-order valence-electron chi connectivity index (χ2n) is 4.31. The van der Waals surface area contributed by atoms with Crippen LogP contribution >= 0.6 is 0 Å². The van der Waals surface area contributed by atoms with Crippen LogP contribution in [-0.2, 0) is 0 Å². The molecule has 0 aliphatic heterocycles. The number of nitrogen functional groups attached to an aromatic ring is 1. The van der Waals surface area contributed by atoms with Crippen LogP contribution < -0.4 is 11.3 Å². The molecule has 1 aromatic heterocycles. The van der Waals surface area contributed by atoms with Crippen molar-refractivity contribution >= 4 is 5.69 Å². The highest BCUT2D eigenvalue weighted by Crippen LogP contribution is 2.26. The normalized spacial score (nSPS) is 10.5. The first-order valence-electron chi connectivity index (χ1n) is 5.42. The third-order valence-electron chi connectivity index (χ3n) is 2.77. The van der Waals surface area contributed by atoms with Crippen LogP contribution in [0.5, 0.6) is 0 Å². The van der Waals surface area contributed by atoms with Crippen molar-refractivity contribution in [2.45, 2.75) is 20.8 Å². The van der Waals surface area contributed by atoms with Gasteiger partial charge in [-0.25, -0.2) is 5.10 Å². The summed E-state index contributed by atoms with van der Waals surface area (Å²) in [5.74, 6) is 0. The summed E-state index contributed by atoms with van der Waals surface area (Å²) in [6.45, 7) is 6.11. The van der Waals surface area contributed by atoms with Crippen LogP contribution in [0.1, 0.15) is 16.7 Å². The van der Waals surface area contributed by atoms with Gasteiger partial charge in [-0.2, -0.15) is 5.10 Å². The molecule has 0 aliphatic rings. The Bertz CT molecular complexity index is 606. The van der Waals surface area contributed by atoms with Gasteiger partial charge in [-0.05, 0) is 38.0 Å². The summed E-state index contributed by atoms with van der Waals surface area (Å²) in [6.07, 6.45) is 0. The fraction of sp³-hybridized carbons (Fsp3) is 0.231. The monoisotopic (exact) mass is 229 g/mol. The Morgan fingerprint density at radius 1 is 1.12 bits per heavy atom. The van der Waals surface area contributed by atoms with Crippen LogP contribution in [0.4, 0.5) is 5.69 Å². The van der Waals surface area contributed by atoms with Crippen LogP contribution in [0.2, 0.25) is 0 Å². The van der Waals surface area contributed by atoms with E-state index >= 15 is 0 Å². The first-order chi connectivity index (χ1) is 7.99. The predicted molar refractivity (Wildman–Crippen MR) is 68.9 cm³/mol. The molecule has 3 N–H and O–H groups in total.